The molecule has 1 aromatic carbocycles. The van der Waals surface area contributed by atoms with Crippen LogP contribution in [-0.4, -0.2) is 5.11 Å². The van der Waals surface area contributed by atoms with Crippen LogP contribution in [0.3, 0.4) is 0 Å². The maximum Gasteiger partial charge on any atom is 0.416 e. The first kappa shape index (κ1) is 12.7. The van der Waals surface area contributed by atoms with E-state index in [0.29, 0.717) is 17.1 Å². The lowest BCUT2D eigenvalue weighted by atomic mass is 10.0. The average molecular weight is 256 g/mol. The molecule has 0 aliphatic carbocycles. The quantitative estimate of drug-likeness (QED) is 0.887. The minimum atomic E-state index is -4.42. The zero-order valence-electron chi connectivity index (χ0n) is 9.58. The molecule has 1 heterocycles. The Hall–Kier alpha value is -1.75. The van der Waals surface area contributed by atoms with Crippen LogP contribution in [0.1, 0.15) is 16.9 Å². The Balaban J connectivity index is 2.50. The standard InChI is InChI=1S/C13H11F3O2/c1-8-2-5-12(18-8)11-4-3-10(13(14,15)16)6-9(11)7-17/h2-6,17H,7H2,1H3. The van der Waals surface area contributed by atoms with Crippen LogP contribution in [0.4, 0.5) is 13.2 Å². The number of benzene rings is 1. The van der Waals surface area contributed by atoms with E-state index < -0.39 is 18.3 Å². The lowest BCUT2D eigenvalue weighted by molar-refractivity contribution is -0.137. The molecule has 0 unspecified atom stereocenters. The van der Waals surface area contributed by atoms with Gasteiger partial charge in [-0.15, -0.1) is 0 Å². The van der Waals surface area contributed by atoms with Gasteiger partial charge in [0.2, 0.25) is 0 Å². The van der Waals surface area contributed by atoms with Gasteiger partial charge in [-0.1, -0.05) is 6.07 Å². The van der Waals surface area contributed by atoms with Crippen molar-refractivity contribution in [2.24, 2.45) is 0 Å². The number of alkyl halides is 3. The van der Waals surface area contributed by atoms with E-state index in [1.807, 2.05) is 0 Å². The van der Waals surface area contributed by atoms with Crippen molar-refractivity contribution in [3.63, 3.8) is 0 Å². The van der Waals surface area contributed by atoms with Crippen molar-refractivity contribution < 1.29 is 22.7 Å². The van der Waals surface area contributed by atoms with Crippen LogP contribution < -0.4 is 0 Å². The SMILES string of the molecule is Cc1ccc(-c2ccc(C(F)(F)F)cc2CO)o1. The third-order valence-electron chi connectivity index (χ3n) is 2.61. The van der Waals surface area contributed by atoms with Gasteiger partial charge in [0, 0.05) is 5.56 Å². The van der Waals surface area contributed by atoms with Crippen molar-refractivity contribution in [2.45, 2.75) is 19.7 Å². The summed E-state index contributed by atoms with van der Waals surface area (Å²) in [6.45, 7) is 1.27. The van der Waals surface area contributed by atoms with Crippen LogP contribution in [0.5, 0.6) is 0 Å². The summed E-state index contributed by atoms with van der Waals surface area (Å²) in [6.07, 6.45) is -4.42. The Labute approximate surface area is 102 Å². The molecule has 0 aliphatic heterocycles. The van der Waals surface area contributed by atoms with Gasteiger partial charge in [0.1, 0.15) is 11.5 Å². The number of furan rings is 1. The van der Waals surface area contributed by atoms with Gasteiger partial charge in [-0.25, -0.2) is 0 Å². The predicted molar refractivity (Wildman–Crippen MR) is 59.8 cm³/mol. The molecule has 0 radical (unpaired) electrons. The highest BCUT2D eigenvalue weighted by Gasteiger charge is 2.31. The molecule has 18 heavy (non-hydrogen) atoms. The van der Waals surface area contributed by atoms with Crippen molar-refractivity contribution in [2.75, 3.05) is 0 Å². The van der Waals surface area contributed by atoms with Crippen LogP contribution in [0, 0.1) is 6.92 Å². The van der Waals surface area contributed by atoms with E-state index in [9.17, 15) is 13.2 Å². The van der Waals surface area contributed by atoms with Crippen LogP contribution >= 0.6 is 0 Å². The smallest absolute Gasteiger partial charge is 0.416 e. The maximum atomic E-state index is 12.5. The fourth-order valence-electron chi connectivity index (χ4n) is 1.72. The minimum Gasteiger partial charge on any atom is -0.461 e. The number of aryl methyl sites for hydroxylation is 1. The summed E-state index contributed by atoms with van der Waals surface area (Å²) in [6, 6.07) is 6.61. The second-order valence-electron chi connectivity index (χ2n) is 3.94. The molecule has 0 saturated carbocycles. The van der Waals surface area contributed by atoms with Crippen molar-refractivity contribution >= 4 is 0 Å². The van der Waals surface area contributed by atoms with E-state index in [0.717, 1.165) is 12.1 Å². The average Bonchev–Trinajstić information content (AvgIpc) is 2.73. The van der Waals surface area contributed by atoms with Crippen LogP contribution in [0.2, 0.25) is 0 Å². The Bertz CT molecular complexity index is 556. The molecule has 0 aliphatic rings. The molecule has 2 nitrogen and oxygen atoms in total. The molecule has 0 bridgehead atoms. The molecule has 0 saturated heterocycles. The van der Waals surface area contributed by atoms with Gasteiger partial charge in [0.25, 0.3) is 0 Å². The summed E-state index contributed by atoms with van der Waals surface area (Å²) >= 11 is 0. The van der Waals surface area contributed by atoms with Gasteiger partial charge in [0.15, 0.2) is 0 Å². The Morgan fingerprint density at radius 2 is 1.89 bits per heavy atom. The largest absolute Gasteiger partial charge is 0.461 e. The number of aliphatic hydroxyl groups is 1. The highest BCUT2D eigenvalue weighted by molar-refractivity contribution is 5.63. The second kappa shape index (κ2) is 4.49. The molecule has 1 aromatic heterocycles. The first-order valence-electron chi connectivity index (χ1n) is 5.29. The van der Waals surface area contributed by atoms with Gasteiger partial charge in [-0.3, -0.25) is 0 Å². The fraction of sp³-hybridized carbons (Fsp3) is 0.231. The number of aliphatic hydroxyl groups excluding tert-OH is 1. The lowest BCUT2D eigenvalue weighted by Gasteiger charge is -2.10. The summed E-state index contributed by atoms with van der Waals surface area (Å²) in [5.41, 5.74) is -0.114. The molecule has 0 atom stereocenters. The monoisotopic (exact) mass is 256 g/mol. The highest BCUT2D eigenvalue weighted by atomic mass is 19.4. The number of rotatable bonds is 2. The van der Waals surface area contributed by atoms with Gasteiger partial charge < -0.3 is 9.52 Å². The molecule has 0 spiro atoms. The molecule has 2 aromatic rings. The molecule has 5 heteroatoms. The summed E-state index contributed by atoms with van der Waals surface area (Å²) < 4.78 is 43.0. The van der Waals surface area contributed by atoms with Gasteiger partial charge in [-0.2, -0.15) is 13.2 Å². The Morgan fingerprint density at radius 1 is 1.17 bits per heavy atom. The van der Waals surface area contributed by atoms with Crippen LogP contribution in [0.25, 0.3) is 11.3 Å². The van der Waals surface area contributed by atoms with Crippen LogP contribution in [-0.2, 0) is 12.8 Å². The van der Waals surface area contributed by atoms with Crippen molar-refractivity contribution in [3.8, 4) is 11.3 Å². The third kappa shape index (κ3) is 2.41. The fourth-order valence-corrected chi connectivity index (χ4v) is 1.72. The maximum absolute atomic E-state index is 12.5. The highest BCUT2D eigenvalue weighted by Crippen LogP contribution is 2.33. The lowest BCUT2D eigenvalue weighted by Crippen LogP contribution is -2.06. The Kier molecular flexibility index (Phi) is 3.17. The summed E-state index contributed by atoms with van der Waals surface area (Å²) in [4.78, 5) is 0. The topological polar surface area (TPSA) is 33.4 Å². The molecule has 0 fully saturated rings. The third-order valence-corrected chi connectivity index (χ3v) is 2.61. The molecule has 2 rings (SSSR count). The van der Waals surface area contributed by atoms with Crippen molar-refractivity contribution in [1.29, 1.82) is 0 Å². The first-order chi connectivity index (χ1) is 8.41. The minimum absolute atomic E-state index is 0.194. The van der Waals surface area contributed by atoms with Gasteiger partial charge in [-0.05, 0) is 36.8 Å². The zero-order chi connectivity index (χ0) is 13.3. The molecule has 1 N–H and O–H groups in total. The summed E-state index contributed by atoms with van der Waals surface area (Å²) in [5.74, 6) is 1.11. The van der Waals surface area contributed by atoms with E-state index in [1.54, 1.807) is 19.1 Å². The molecular formula is C13H11F3O2. The van der Waals surface area contributed by atoms with E-state index >= 15 is 0 Å². The normalized spacial score (nSPS) is 11.8. The summed E-state index contributed by atoms with van der Waals surface area (Å²) in [7, 11) is 0. The number of hydrogen-bond acceptors (Lipinski definition) is 2. The second-order valence-corrected chi connectivity index (χ2v) is 3.94. The molecule has 0 amide bonds. The van der Waals surface area contributed by atoms with E-state index in [1.165, 1.54) is 6.07 Å². The predicted octanol–water partition coefficient (Wildman–Crippen LogP) is 3.77. The summed E-state index contributed by atoms with van der Waals surface area (Å²) in [5, 5.41) is 9.17. The van der Waals surface area contributed by atoms with Gasteiger partial charge >= 0.3 is 6.18 Å². The molecule has 96 valence electrons. The van der Waals surface area contributed by atoms with Crippen molar-refractivity contribution in [1.82, 2.24) is 0 Å². The van der Waals surface area contributed by atoms with E-state index in [2.05, 4.69) is 0 Å². The van der Waals surface area contributed by atoms with E-state index in [4.69, 9.17) is 9.52 Å². The van der Waals surface area contributed by atoms with Gasteiger partial charge in [0.05, 0.1) is 12.2 Å². The van der Waals surface area contributed by atoms with Crippen LogP contribution in [0.15, 0.2) is 34.7 Å². The van der Waals surface area contributed by atoms with Crippen molar-refractivity contribution in [3.05, 3.63) is 47.2 Å². The van der Waals surface area contributed by atoms with E-state index in [-0.39, 0.29) is 5.56 Å². The first-order valence-corrected chi connectivity index (χ1v) is 5.29. The number of halogens is 3. The number of hydrogen-bond donors (Lipinski definition) is 1. The Morgan fingerprint density at radius 3 is 2.39 bits per heavy atom. The molecular weight excluding hydrogens is 245 g/mol. The zero-order valence-corrected chi connectivity index (χ0v) is 9.58.